The quantitative estimate of drug-likeness (QED) is 0.751. The van der Waals surface area contributed by atoms with Crippen molar-refractivity contribution in [3.63, 3.8) is 0 Å². The van der Waals surface area contributed by atoms with Gasteiger partial charge in [0.25, 0.3) is 0 Å². The third-order valence-electron chi connectivity index (χ3n) is 2.18. The zero-order valence-corrected chi connectivity index (χ0v) is 8.02. The predicted molar refractivity (Wildman–Crippen MR) is 50.2 cm³/mol. The zero-order chi connectivity index (χ0) is 9.42. The second kappa shape index (κ2) is 3.09. The lowest BCUT2D eigenvalue weighted by atomic mass is 10.1. The van der Waals surface area contributed by atoms with E-state index in [9.17, 15) is 0 Å². The molecule has 1 aliphatic rings. The van der Waals surface area contributed by atoms with Crippen LogP contribution in [0, 0.1) is 6.92 Å². The molecule has 13 heavy (non-hydrogen) atoms. The molecule has 0 atom stereocenters. The van der Waals surface area contributed by atoms with Crippen molar-refractivity contribution < 1.29 is 9.47 Å². The van der Waals surface area contributed by atoms with Crippen LogP contribution in [0.2, 0.25) is 5.02 Å². The van der Waals surface area contributed by atoms with Gasteiger partial charge in [0.2, 0.25) is 6.79 Å². The highest BCUT2D eigenvalue weighted by atomic mass is 35.5. The van der Waals surface area contributed by atoms with Gasteiger partial charge in [0.1, 0.15) is 0 Å². The van der Waals surface area contributed by atoms with E-state index in [2.05, 4.69) is 0 Å². The Kier molecular flexibility index (Phi) is 2.06. The molecular weight excluding hydrogens is 190 g/mol. The number of benzene rings is 1. The number of hydrogen-bond donors (Lipinski definition) is 1. The number of ether oxygens (including phenoxy) is 2. The molecule has 0 aliphatic carbocycles. The first-order valence-corrected chi connectivity index (χ1v) is 4.39. The van der Waals surface area contributed by atoms with Gasteiger partial charge in [-0.3, -0.25) is 0 Å². The van der Waals surface area contributed by atoms with E-state index < -0.39 is 0 Å². The minimum absolute atomic E-state index is 0.264. The lowest BCUT2D eigenvalue weighted by molar-refractivity contribution is 0.173. The Hall–Kier alpha value is -0.930. The van der Waals surface area contributed by atoms with Crippen molar-refractivity contribution in [2.45, 2.75) is 13.5 Å². The Labute approximate surface area is 81.4 Å². The first-order valence-electron chi connectivity index (χ1n) is 4.01. The highest BCUT2D eigenvalue weighted by Gasteiger charge is 2.20. The lowest BCUT2D eigenvalue weighted by Crippen LogP contribution is -2.01. The number of hydrogen-bond acceptors (Lipinski definition) is 3. The van der Waals surface area contributed by atoms with Crippen molar-refractivity contribution in [2.24, 2.45) is 5.73 Å². The van der Waals surface area contributed by atoms with E-state index in [0.717, 1.165) is 16.9 Å². The van der Waals surface area contributed by atoms with Gasteiger partial charge in [-0.25, -0.2) is 0 Å². The molecule has 1 aromatic rings. The molecule has 0 saturated carbocycles. The third-order valence-corrected chi connectivity index (χ3v) is 2.52. The van der Waals surface area contributed by atoms with E-state index in [1.165, 1.54) is 0 Å². The summed E-state index contributed by atoms with van der Waals surface area (Å²) in [6.45, 7) is 2.61. The molecule has 2 rings (SSSR count). The summed E-state index contributed by atoms with van der Waals surface area (Å²) >= 11 is 6.00. The molecule has 3 nitrogen and oxygen atoms in total. The molecule has 4 heteroatoms. The standard InChI is InChI=1S/C9H10ClNO2/c1-5-6(3-11)7(10)2-8-9(5)13-4-12-8/h2H,3-4,11H2,1H3. The topological polar surface area (TPSA) is 44.5 Å². The van der Waals surface area contributed by atoms with Crippen molar-refractivity contribution in [2.75, 3.05) is 6.79 Å². The molecule has 0 radical (unpaired) electrons. The molecule has 0 aromatic heterocycles. The molecule has 0 spiro atoms. The predicted octanol–water partition coefficient (Wildman–Crippen LogP) is 1.84. The first kappa shape index (κ1) is 8.66. The van der Waals surface area contributed by atoms with Crippen molar-refractivity contribution in [1.82, 2.24) is 0 Å². The Morgan fingerprint density at radius 1 is 1.54 bits per heavy atom. The van der Waals surface area contributed by atoms with Gasteiger partial charge in [0, 0.05) is 23.2 Å². The van der Waals surface area contributed by atoms with Crippen molar-refractivity contribution >= 4 is 11.6 Å². The fourth-order valence-electron chi connectivity index (χ4n) is 1.46. The number of rotatable bonds is 1. The van der Waals surface area contributed by atoms with Crippen LogP contribution in [0.15, 0.2) is 6.07 Å². The largest absolute Gasteiger partial charge is 0.454 e. The Morgan fingerprint density at radius 3 is 3.00 bits per heavy atom. The molecule has 1 aliphatic heterocycles. The van der Waals surface area contributed by atoms with Crippen LogP contribution in [0.25, 0.3) is 0 Å². The maximum atomic E-state index is 6.00. The maximum Gasteiger partial charge on any atom is 0.231 e. The van der Waals surface area contributed by atoms with Crippen LogP contribution in [-0.4, -0.2) is 6.79 Å². The van der Waals surface area contributed by atoms with Gasteiger partial charge in [-0.2, -0.15) is 0 Å². The highest BCUT2D eigenvalue weighted by Crippen LogP contribution is 2.40. The van der Waals surface area contributed by atoms with Crippen LogP contribution in [0.4, 0.5) is 0 Å². The van der Waals surface area contributed by atoms with Crippen molar-refractivity contribution in [1.29, 1.82) is 0 Å². The normalized spacial score (nSPS) is 13.5. The molecule has 0 unspecified atom stereocenters. The molecule has 1 aromatic carbocycles. The molecule has 0 saturated heterocycles. The Morgan fingerprint density at radius 2 is 2.31 bits per heavy atom. The molecule has 0 fully saturated rings. The molecule has 1 heterocycles. The first-order chi connectivity index (χ1) is 6.24. The summed E-state index contributed by atoms with van der Waals surface area (Å²) in [6.07, 6.45) is 0. The monoisotopic (exact) mass is 199 g/mol. The Bertz CT molecular complexity index is 348. The van der Waals surface area contributed by atoms with Gasteiger partial charge in [-0.1, -0.05) is 11.6 Å². The molecule has 0 bridgehead atoms. The summed E-state index contributed by atoms with van der Waals surface area (Å²) in [5.41, 5.74) is 7.46. The Balaban J connectivity index is 2.62. The van der Waals surface area contributed by atoms with Gasteiger partial charge in [0.15, 0.2) is 11.5 Å². The van der Waals surface area contributed by atoms with Gasteiger partial charge in [-0.05, 0) is 12.5 Å². The molecule has 2 N–H and O–H groups in total. The number of halogens is 1. The van der Waals surface area contributed by atoms with Crippen molar-refractivity contribution in [3.05, 3.63) is 22.2 Å². The van der Waals surface area contributed by atoms with Crippen LogP contribution in [0.1, 0.15) is 11.1 Å². The number of fused-ring (bicyclic) bond motifs is 1. The average molecular weight is 200 g/mol. The minimum atomic E-state index is 0.264. The van der Waals surface area contributed by atoms with E-state index in [0.29, 0.717) is 17.3 Å². The van der Waals surface area contributed by atoms with Gasteiger partial charge in [-0.15, -0.1) is 0 Å². The van der Waals surface area contributed by atoms with Gasteiger partial charge in [0.05, 0.1) is 0 Å². The second-order valence-electron chi connectivity index (χ2n) is 2.90. The van der Waals surface area contributed by atoms with Crippen LogP contribution in [0.5, 0.6) is 11.5 Å². The molecule has 0 amide bonds. The summed E-state index contributed by atoms with van der Waals surface area (Å²) in [5, 5.41) is 0.643. The third kappa shape index (κ3) is 1.24. The molecule has 70 valence electrons. The van der Waals surface area contributed by atoms with Crippen LogP contribution in [0.3, 0.4) is 0 Å². The van der Waals surface area contributed by atoms with Crippen LogP contribution < -0.4 is 15.2 Å². The van der Waals surface area contributed by atoms with Crippen LogP contribution in [-0.2, 0) is 6.54 Å². The summed E-state index contributed by atoms with van der Waals surface area (Å²) in [5.74, 6) is 1.48. The van der Waals surface area contributed by atoms with Gasteiger partial charge < -0.3 is 15.2 Å². The summed E-state index contributed by atoms with van der Waals surface area (Å²) < 4.78 is 10.5. The second-order valence-corrected chi connectivity index (χ2v) is 3.31. The maximum absolute atomic E-state index is 6.00. The van der Waals surface area contributed by atoms with Gasteiger partial charge >= 0.3 is 0 Å². The minimum Gasteiger partial charge on any atom is -0.454 e. The smallest absolute Gasteiger partial charge is 0.231 e. The lowest BCUT2D eigenvalue weighted by Gasteiger charge is -2.08. The highest BCUT2D eigenvalue weighted by molar-refractivity contribution is 6.31. The summed E-state index contributed by atoms with van der Waals surface area (Å²) in [7, 11) is 0. The fourth-order valence-corrected chi connectivity index (χ4v) is 1.78. The van der Waals surface area contributed by atoms with E-state index in [4.69, 9.17) is 26.8 Å². The van der Waals surface area contributed by atoms with Crippen LogP contribution >= 0.6 is 11.6 Å². The van der Waals surface area contributed by atoms with Crippen molar-refractivity contribution in [3.8, 4) is 11.5 Å². The van der Waals surface area contributed by atoms with E-state index >= 15 is 0 Å². The summed E-state index contributed by atoms with van der Waals surface area (Å²) in [4.78, 5) is 0. The van der Waals surface area contributed by atoms with E-state index in [1.807, 2.05) is 6.92 Å². The van der Waals surface area contributed by atoms with E-state index in [-0.39, 0.29) is 6.79 Å². The fraction of sp³-hybridized carbons (Fsp3) is 0.333. The molecular formula is C9H10ClNO2. The number of nitrogens with two attached hydrogens (primary N) is 1. The van der Waals surface area contributed by atoms with E-state index in [1.54, 1.807) is 6.07 Å². The average Bonchev–Trinajstić information content (AvgIpc) is 2.53. The SMILES string of the molecule is Cc1c(CN)c(Cl)cc2c1OCO2. The summed E-state index contributed by atoms with van der Waals surface area (Å²) in [6, 6.07) is 1.75. The zero-order valence-electron chi connectivity index (χ0n) is 7.26.